The van der Waals surface area contributed by atoms with Crippen molar-refractivity contribution in [3.8, 4) is 0 Å². The zero-order chi connectivity index (χ0) is 21.1. The molecule has 0 saturated heterocycles. The number of carbonyl (C=O) groups is 1. The summed E-state index contributed by atoms with van der Waals surface area (Å²) in [4.78, 5) is 21.4. The van der Waals surface area contributed by atoms with Crippen LogP contribution in [0.25, 0.3) is 5.70 Å². The molecule has 0 aliphatic rings. The number of aromatic nitrogens is 2. The van der Waals surface area contributed by atoms with Crippen LogP contribution < -0.4 is 16.0 Å². The van der Waals surface area contributed by atoms with Crippen LogP contribution in [-0.4, -0.2) is 28.7 Å². The molecule has 0 radical (unpaired) electrons. The third kappa shape index (κ3) is 4.94. The molecule has 1 amide bonds. The lowest BCUT2D eigenvalue weighted by atomic mass is 10.2. The van der Waals surface area contributed by atoms with Crippen molar-refractivity contribution in [2.45, 2.75) is 24.9 Å². The number of hydrogen-bond acceptors (Lipinski definition) is 6. The van der Waals surface area contributed by atoms with Crippen LogP contribution in [0.3, 0.4) is 0 Å². The number of halogens is 3. The third-order valence-electron chi connectivity index (χ3n) is 3.72. The summed E-state index contributed by atoms with van der Waals surface area (Å²) in [6.45, 7) is 7.36. The van der Waals surface area contributed by atoms with Gasteiger partial charge in [0.15, 0.2) is 0 Å². The van der Waals surface area contributed by atoms with Crippen molar-refractivity contribution >= 4 is 40.4 Å². The third-order valence-corrected chi connectivity index (χ3v) is 4.63. The molecule has 2 rings (SSSR count). The molecule has 2 aromatic rings. The van der Waals surface area contributed by atoms with Gasteiger partial charge in [0.2, 0.25) is 5.91 Å². The van der Waals surface area contributed by atoms with Gasteiger partial charge in [-0.2, -0.15) is 13.2 Å². The molecule has 0 spiro atoms. The van der Waals surface area contributed by atoms with Crippen LogP contribution in [0.1, 0.15) is 25.2 Å². The normalized spacial score (nSPS) is 11.2. The Balaban J connectivity index is 2.38. The molecule has 0 saturated carbocycles. The fourth-order valence-electron chi connectivity index (χ4n) is 2.40. The van der Waals surface area contributed by atoms with Gasteiger partial charge in [-0.15, -0.1) is 11.8 Å². The number of carbonyl (C=O) groups excluding carboxylic acids is 1. The SMILES string of the molecule is C=C(c1ncc(NC(C)=O)cc1SCC)N(C)c1cnc(C(F)(F)F)cc1N. The van der Waals surface area contributed by atoms with Crippen LogP contribution in [-0.2, 0) is 11.0 Å². The Labute approximate surface area is 165 Å². The summed E-state index contributed by atoms with van der Waals surface area (Å²) >= 11 is 1.50. The Morgan fingerprint density at radius 1 is 1.32 bits per heavy atom. The molecule has 150 valence electrons. The summed E-state index contributed by atoms with van der Waals surface area (Å²) in [5, 5.41) is 2.67. The molecule has 2 heterocycles. The summed E-state index contributed by atoms with van der Waals surface area (Å²) < 4.78 is 38.4. The Morgan fingerprint density at radius 3 is 2.54 bits per heavy atom. The molecule has 0 unspecified atom stereocenters. The number of nitrogens with one attached hydrogen (secondary N) is 1. The lowest BCUT2D eigenvalue weighted by Gasteiger charge is -2.24. The van der Waals surface area contributed by atoms with E-state index >= 15 is 0 Å². The van der Waals surface area contributed by atoms with Gasteiger partial charge in [0.25, 0.3) is 0 Å². The van der Waals surface area contributed by atoms with Crippen molar-refractivity contribution in [1.82, 2.24) is 9.97 Å². The van der Waals surface area contributed by atoms with Crippen LogP contribution in [0.2, 0.25) is 0 Å². The number of nitrogen functional groups attached to an aromatic ring is 1. The first-order valence-corrected chi connectivity index (χ1v) is 9.19. The number of amides is 1. The molecule has 6 nitrogen and oxygen atoms in total. The number of thioether (sulfide) groups is 1. The maximum atomic E-state index is 12.8. The molecule has 2 aromatic heterocycles. The lowest BCUT2D eigenvalue weighted by molar-refractivity contribution is -0.141. The van der Waals surface area contributed by atoms with Crippen molar-refractivity contribution in [2.24, 2.45) is 0 Å². The first-order valence-electron chi connectivity index (χ1n) is 8.20. The van der Waals surface area contributed by atoms with Crippen molar-refractivity contribution in [2.75, 3.05) is 28.8 Å². The number of alkyl halides is 3. The van der Waals surface area contributed by atoms with Crippen molar-refractivity contribution in [3.05, 3.63) is 42.5 Å². The fourth-order valence-corrected chi connectivity index (χ4v) is 3.23. The van der Waals surface area contributed by atoms with Gasteiger partial charge in [-0.3, -0.25) is 9.78 Å². The van der Waals surface area contributed by atoms with E-state index in [2.05, 4.69) is 21.9 Å². The van der Waals surface area contributed by atoms with Gasteiger partial charge in [-0.1, -0.05) is 13.5 Å². The van der Waals surface area contributed by atoms with E-state index in [4.69, 9.17) is 5.73 Å². The number of hydrogen-bond donors (Lipinski definition) is 2. The van der Waals surface area contributed by atoms with Gasteiger partial charge < -0.3 is 16.0 Å². The maximum absolute atomic E-state index is 12.8. The second kappa shape index (κ2) is 8.51. The highest BCUT2D eigenvalue weighted by molar-refractivity contribution is 7.99. The predicted molar refractivity (Wildman–Crippen MR) is 106 cm³/mol. The van der Waals surface area contributed by atoms with E-state index in [0.29, 0.717) is 17.1 Å². The fraction of sp³-hybridized carbons (Fsp3) is 0.278. The van der Waals surface area contributed by atoms with Crippen LogP contribution in [0.4, 0.5) is 30.2 Å². The minimum absolute atomic E-state index is 0.0782. The molecule has 0 bridgehead atoms. The van der Waals surface area contributed by atoms with E-state index in [9.17, 15) is 18.0 Å². The number of nitrogens with zero attached hydrogens (tertiary/aromatic N) is 3. The summed E-state index contributed by atoms with van der Waals surface area (Å²) in [7, 11) is 1.62. The zero-order valence-electron chi connectivity index (χ0n) is 15.6. The van der Waals surface area contributed by atoms with E-state index in [-0.39, 0.29) is 17.3 Å². The topological polar surface area (TPSA) is 84.1 Å². The Morgan fingerprint density at radius 2 is 2.00 bits per heavy atom. The first-order chi connectivity index (χ1) is 13.0. The van der Waals surface area contributed by atoms with Crippen molar-refractivity contribution in [3.63, 3.8) is 0 Å². The monoisotopic (exact) mass is 411 g/mol. The summed E-state index contributed by atoms with van der Waals surface area (Å²) in [6.07, 6.45) is -2.03. The quantitative estimate of drug-likeness (QED) is 0.691. The van der Waals surface area contributed by atoms with Crippen LogP contribution in [0.15, 0.2) is 36.0 Å². The maximum Gasteiger partial charge on any atom is 0.433 e. The molecule has 28 heavy (non-hydrogen) atoms. The van der Waals surface area contributed by atoms with Crippen molar-refractivity contribution in [1.29, 1.82) is 0 Å². The molecular formula is C18H20F3N5OS. The molecular weight excluding hydrogens is 391 g/mol. The van der Waals surface area contributed by atoms with E-state index in [1.165, 1.54) is 29.8 Å². The highest BCUT2D eigenvalue weighted by Crippen LogP contribution is 2.35. The second-order valence-electron chi connectivity index (χ2n) is 5.82. The van der Waals surface area contributed by atoms with Gasteiger partial charge in [-0.05, 0) is 17.9 Å². The summed E-state index contributed by atoms with van der Waals surface area (Å²) in [5.74, 6) is 0.528. The van der Waals surface area contributed by atoms with Crippen LogP contribution in [0, 0.1) is 0 Å². The van der Waals surface area contributed by atoms with Crippen LogP contribution in [0.5, 0.6) is 0 Å². The van der Waals surface area contributed by atoms with Gasteiger partial charge in [0.05, 0.1) is 40.8 Å². The van der Waals surface area contributed by atoms with E-state index in [1.807, 2.05) is 6.92 Å². The minimum atomic E-state index is -4.58. The Bertz CT molecular complexity index is 901. The number of rotatable bonds is 6. The number of anilines is 3. The van der Waals surface area contributed by atoms with Gasteiger partial charge in [-0.25, -0.2) is 4.98 Å². The number of nitrogens with two attached hydrogens (primary N) is 1. The molecule has 0 fully saturated rings. The van der Waals surface area contributed by atoms with E-state index in [0.717, 1.165) is 22.9 Å². The number of pyridine rings is 2. The smallest absolute Gasteiger partial charge is 0.397 e. The van der Waals surface area contributed by atoms with E-state index < -0.39 is 11.9 Å². The van der Waals surface area contributed by atoms with Crippen molar-refractivity contribution < 1.29 is 18.0 Å². The Hall–Kier alpha value is -2.75. The highest BCUT2D eigenvalue weighted by atomic mass is 32.2. The average molecular weight is 411 g/mol. The van der Waals surface area contributed by atoms with Gasteiger partial charge in [0.1, 0.15) is 5.69 Å². The second-order valence-corrected chi connectivity index (χ2v) is 7.12. The molecule has 0 aromatic carbocycles. The Kier molecular flexibility index (Phi) is 6.55. The standard InChI is InChI=1S/C18H20F3N5OS/c1-5-28-15-6-12(25-11(3)27)8-24-17(15)10(2)26(4)14-9-23-16(7-13(14)22)18(19,20)21/h6-9H,2,5H2,1,3-4H3,(H2,22,23)(H,25,27). The first kappa shape index (κ1) is 21.5. The van der Waals surface area contributed by atoms with Crippen LogP contribution >= 0.6 is 11.8 Å². The largest absolute Gasteiger partial charge is 0.433 e. The molecule has 3 N–H and O–H groups in total. The zero-order valence-corrected chi connectivity index (χ0v) is 16.4. The molecule has 10 heteroatoms. The average Bonchev–Trinajstić information content (AvgIpc) is 2.60. The van der Waals surface area contributed by atoms with Gasteiger partial charge in [0, 0.05) is 18.9 Å². The van der Waals surface area contributed by atoms with E-state index in [1.54, 1.807) is 13.1 Å². The lowest BCUT2D eigenvalue weighted by Crippen LogP contribution is -2.19. The van der Waals surface area contributed by atoms with Gasteiger partial charge >= 0.3 is 6.18 Å². The minimum Gasteiger partial charge on any atom is -0.397 e. The summed E-state index contributed by atoms with van der Waals surface area (Å²) in [6, 6.07) is 2.55. The molecule has 0 aliphatic heterocycles. The summed E-state index contributed by atoms with van der Waals surface area (Å²) in [5.41, 5.74) is 6.45. The molecule has 0 aliphatic carbocycles. The highest BCUT2D eigenvalue weighted by Gasteiger charge is 2.33. The molecule has 0 atom stereocenters. The predicted octanol–water partition coefficient (Wildman–Crippen LogP) is 4.26.